The zero-order valence-corrected chi connectivity index (χ0v) is 11.6. The van der Waals surface area contributed by atoms with Crippen LogP contribution in [-0.2, 0) is 16.4 Å². The summed E-state index contributed by atoms with van der Waals surface area (Å²) in [6.45, 7) is 0.469. The van der Waals surface area contributed by atoms with Gasteiger partial charge in [-0.1, -0.05) is 6.07 Å². The first kappa shape index (κ1) is 12.9. The fourth-order valence-electron chi connectivity index (χ4n) is 1.80. The number of halogens is 1. The van der Waals surface area contributed by atoms with E-state index in [9.17, 15) is 8.42 Å². The number of hydrogen-bond donors (Lipinski definition) is 1. The molecule has 0 radical (unpaired) electrons. The maximum absolute atomic E-state index is 11.3. The van der Waals surface area contributed by atoms with E-state index in [4.69, 9.17) is 10.5 Å². The summed E-state index contributed by atoms with van der Waals surface area (Å²) in [5.74, 6) is 0.998. The molecule has 0 saturated carbocycles. The van der Waals surface area contributed by atoms with Gasteiger partial charge in [-0.25, -0.2) is 8.42 Å². The SMILES string of the molecule is NCc1ccc(OC2CCS(=O)(=O)C2)c(Br)c1. The van der Waals surface area contributed by atoms with Gasteiger partial charge < -0.3 is 10.5 Å². The summed E-state index contributed by atoms with van der Waals surface area (Å²) in [7, 11) is -2.90. The molecule has 2 rings (SSSR count). The summed E-state index contributed by atoms with van der Waals surface area (Å²) in [6, 6.07) is 5.58. The average molecular weight is 320 g/mol. The van der Waals surface area contributed by atoms with Gasteiger partial charge in [0, 0.05) is 6.54 Å². The molecule has 0 aliphatic carbocycles. The van der Waals surface area contributed by atoms with Gasteiger partial charge in [0.15, 0.2) is 9.84 Å². The molecule has 1 saturated heterocycles. The normalized spacial score (nSPS) is 22.6. The molecule has 1 heterocycles. The van der Waals surface area contributed by atoms with Crippen LogP contribution in [0.1, 0.15) is 12.0 Å². The van der Waals surface area contributed by atoms with Crippen LogP contribution in [0, 0.1) is 0 Å². The summed E-state index contributed by atoms with van der Waals surface area (Å²) in [5.41, 5.74) is 6.53. The Labute approximate surface area is 109 Å². The standard InChI is InChI=1S/C11H14BrNO3S/c12-10-5-8(6-13)1-2-11(10)16-9-3-4-17(14,15)7-9/h1-2,5,9H,3-4,6-7,13H2. The molecule has 1 unspecified atom stereocenters. The van der Waals surface area contributed by atoms with E-state index in [1.54, 1.807) is 0 Å². The Hall–Kier alpha value is -0.590. The zero-order valence-electron chi connectivity index (χ0n) is 9.23. The first-order valence-electron chi connectivity index (χ1n) is 5.36. The molecule has 1 aliphatic rings. The second kappa shape index (κ2) is 4.96. The summed E-state index contributed by atoms with van der Waals surface area (Å²) >= 11 is 3.39. The van der Waals surface area contributed by atoms with Crippen LogP contribution in [0.3, 0.4) is 0 Å². The summed E-state index contributed by atoms with van der Waals surface area (Å²) < 4.78 is 29.1. The molecule has 1 atom stereocenters. The molecule has 0 bridgehead atoms. The number of benzene rings is 1. The molecule has 1 aromatic rings. The third-order valence-corrected chi connectivity index (χ3v) is 5.07. The van der Waals surface area contributed by atoms with Crippen LogP contribution in [-0.4, -0.2) is 26.0 Å². The third kappa shape index (κ3) is 3.20. The average Bonchev–Trinajstić information content (AvgIpc) is 2.61. The van der Waals surface area contributed by atoms with Crippen LogP contribution >= 0.6 is 15.9 Å². The zero-order chi connectivity index (χ0) is 12.5. The quantitative estimate of drug-likeness (QED) is 0.916. The summed E-state index contributed by atoms with van der Waals surface area (Å²) in [6.07, 6.45) is 0.327. The van der Waals surface area contributed by atoms with E-state index < -0.39 is 9.84 Å². The second-order valence-electron chi connectivity index (χ2n) is 4.11. The van der Waals surface area contributed by atoms with E-state index in [2.05, 4.69) is 15.9 Å². The topological polar surface area (TPSA) is 69.4 Å². The van der Waals surface area contributed by atoms with Gasteiger partial charge in [0.2, 0.25) is 0 Å². The molecule has 0 amide bonds. The van der Waals surface area contributed by atoms with E-state index in [-0.39, 0.29) is 17.6 Å². The maximum atomic E-state index is 11.3. The van der Waals surface area contributed by atoms with Gasteiger partial charge >= 0.3 is 0 Å². The van der Waals surface area contributed by atoms with Crippen molar-refractivity contribution >= 4 is 25.8 Å². The van der Waals surface area contributed by atoms with Crippen molar-refractivity contribution in [2.75, 3.05) is 11.5 Å². The van der Waals surface area contributed by atoms with Gasteiger partial charge in [-0.15, -0.1) is 0 Å². The van der Waals surface area contributed by atoms with Gasteiger partial charge in [-0.05, 0) is 40.0 Å². The number of hydrogen-bond acceptors (Lipinski definition) is 4. The van der Waals surface area contributed by atoms with Gasteiger partial charge in [0.25, 0.3) is 0 Å². The maximum Gasteiger partial charge on any atom is 0.154 e. The molecular formula is C11H14BrNO3S. The summed E-state index contributed by atoms with van der Waals surface area (Å²) in [5, 5.41) is 0. The largest absolute Gasteiger partial charge is 0.488 e. The summed E-state index contributed by atoms with van der Waals surface area (Å²) in [4.78, 5) is 0. The smallest absolute Gasteiger partial charge is 0.154 e. The van der Waals surface area contributed by atoms with E-state index >= 15 is 0 Å². The Morgan fingerprint density at radius 3 is 2.76 bits per heavy atom. The van der Waals surface area contributed by atoms with Crippen LogP contribution in [0.4, 0.5) is 0 Å². The third-order valence-electron chi connectivity index (χ3n) is 2.72. The number of ether oxygens (including phenoxy) is 1. The lowest BCUT2D eigenvalue weighted by molar-refractivity contribution is 0.227. The van der Waals surface area contributed by atoms with E-state index in [1.807, 2.05) is 18.2 Å². The Morgan fingerprint density at radius 2 is 2.24 bits per heavy atom. The van der Waals surface area contributed by atoms with Crippen molar-refractivity contribution in [3.8, 4) is 5.75 Å². The number of nitrogens with two attached hydrogens (primary N) is 1. The van der Waals surface area contributed by atoms with Crippen LogP contribution in [0.15, 0.2) is 22.7 Å². The minimum absolute atomic E-state index is 0.109. The van der Waals surface area contributed by atoms with Crippen molar-refractivity contribution in [1.29, 1.82) is 0 Å². The number of rotatable bonds is 3. The molecule has 4 nitrogen and oxygen atoms in total. The monoisotopic (exact) mass is 319 g/mol. The first-order valence-corrected chi connectivity index (χ1v) is 7.97. The van der Waals surface area contributed by atoms with Crippen molar-refractivity contribution in [2.45, 2.75) is 19.1 Å². The van der Waals surface area contributed by atoms with E-state index in [0.29, 0.717) is 18.7 Å². The molecule has 0 spiro atoms. The molecule has 0 aromatic heterocycles. The fraction of sp³-hybridized carbons (Fsp3) is 0.455. The van der Waals surface area contributed by atoms with Gasteiger partial charge in [-0.2, -0.15) is 0 Å². The predicted octanol–water partition coefficient (Wildman–Crippen LogP) is 1.47. The van der Waals surface area contributed by atoms with E-state index in [1.165, 1.54) is 0 Å². The van der Waals surface area contributed by atoms with Crippen molar-refractivity contribution in [3.63, 3.8) is 0 Å². The molecule has 1 aromatic carbocycles. The van der Waals surface area contributed by atoms with Crippen LogP contribution in [0.5, 0.6) is 5.75 Å². The molecule has 1 fully saturated rings. The molecular weight excluding hydrogens is 306 g/mol. The highest BCUT2D eigenvalue weighted by Gasteiger charge is 2.29. The Bertz CT molecular complexity index is 515. The van der Waals surface area contributed by atoms with Gasteiger partial charge in [0.1, 0.15) is 11.9 Å². The highest BCUT2D eigenvalue weighted by molar-refractivity contribution is 9.10. The lowest BCUT2D eigenvalue weighted by Gasteiger charge is -2.14. The van der Waals surface area contributed by atoms with Gasteiger partial charge in [-0.3, -0.25) is 0 Å². The van der Waals surface area contributed by atoms with E-state index in [0.717, 1.165) is 10.0 Å². The minimum atomic E-state index is -2.90. The lowest BCUT2D eigenvalue weighted by atomic mass is 10.2. The minimum Gasteiger partial charge on any atom is -0.488 e. The van der Waals surface area contributed by atoms with Crippen molar-refractivity contribution in [1.82, 2.24) is 0 Å². The molecule has 6 heteroatoms. The predicted molar refractivity (Wildman–Crippen MR) is 69.7 cm³/mol. The Balaban J connectivity index is 2.09. The molecule has 17 heavy (non-hydrogen) atoms. The number of sulfone groups is 1. The second-order valence-corrected chi connectivity index (χ2v) is 7.19. The molecule has 94 valence electrons. The fourth-order valence-corrected chi connectivity index (χ4v) is 3.91. The Kier molecular flexibility index (Phi) is 3.75. The van der Waals surface area contributed by atoms with Crippen molar-refractivity contribution < 1.29 is 13.2 Å². The van der Waals surface area contributed by atoms with Crippen LogP contribution in [0.2, 0.25) is 0 Å². The van der Waals surface area contributed by atoms with Crippen LogP contribution < -0.4 is 10.5 Å². The van der Waals surface area contributed by atoms with Crippen molar-refractivity contribution in [3.05, 3.63) is 28.2 Å². The van der Waals surface area contributed by atoms with Crippen molar-refractivity contribution in [2.24, 2.45) is 5.73 Å². The Morgan fingerprint density at radius 1 is 1.47 bits per heavy atom. The highest BCUT2D eigenvalue weighted by Crippen LogP contribution is 2.28. The lowest BCUT2D eigenvalue weighted by Crippen LogP contribution is -2.18. The molecule has 1 aliphatic heterocycles. The van der Waals surface area contributed by atoms with Gasteiger partial charge in [0.05, 0.1) is 16.0 Å². The highest BCUT2D eigenvalue weighted by atomic mass is 79.9. The first-order chi connectivity index (χ1) is 8.00. The van der Waals surface area contributed by atoms with Crippen LogP contribution in [0.25, 0.3) is 0 Å². The molecule has 2 N–H and O–H groups in total.